The molecule has 0 radical (unpaired) electrons. The third-order valence-corrected chi connectivity index (χ3v) is 5.39. The Morgan fingerprint density at radius 2 is 1.48 bits per heavy atom. The summed E-state index contributed by atoms with van der Waals surface area (Å²) in [5, 5.41) is 0. The maximum absolute atomic E-state index is 2.71. The average Bonchev–Trinajstić information content (AvgIpc) is 2.49. The molecule has 2 saturated heterocycles. The van der Waals surface area contributed by atoms with Crippen LogP contribution < -0.4 is 0 Å². The van der Waals surface area contributed by atoms with Crippen LogP contribution in [0.2, 0.25) is 0 Å². The predicted molar refractivity (Wildman–Crippen MR) is 91.8 cm³/mol. The molecule has 0 aromatic carbocycles. The van der Waals surface area contributed by atoms with Gasteiger partial charge < -0.3 is 14.7 Å². The number of likely N-dealkylation sites (tertiary alicyclic amines) is 1. The summed E-state index contributed by atoms with van der Waals surface area (Å²) in [7, 11) is 0. The van der Waals surface area contributed by atoms with Crippen molar-refractivity contribution in [1.29, 1.82) is 0 Å². The summed E-state index contributed by atoms with van der Waals surface area (Å²) in [5.74, 6) is 1.82. The molecule has 0 aromatic rings. The predicted octanol–water partition coefficient (Wildman–Crippen LogP) is 2.77. The molecular weight excluding hydrogens is 258 g/mol. The van der Waals surface area contributed by atoms with E-state index in [1.807, 2.05) is 0 Å². The quantitative estimate of drug-likeness (QED) is 0.715. The molecule has 0 N–H and O–H groups in total. The Morgan fingerprint density at radius 3 is 2.05 bits per heavy atom. The summed E-state index contributed by atoms with van der Waals surface area (Å²) >= 11 is 0. The van der Waals surface area contributed by atoms with Crippen LogP contribution in [0.3, 0.4) is 0 Å². The normalized spacial score (nSPS) is 24.0. The molecule has 0 amide bonds. The molecule has 0 saturated carbocycles. The van der Waals surface area contributed by atoms with Crippen LogP contribution in [0.5, 0.6) is 0 Å². The van der Waals surface area contributed by atoms with Gasteiger partial charge in [-0.15, -0.1) is 0 Å². The summed E-state index contributed by atoms with van der Waals surface area (Å²) in [6.45, 7) is 18.7. The molecule has 2 aliphatic rings. The lowest BCUT2D eigenvalue weighted by Gasteiger charge is -2.38. The number of piperazine rings is 1. The number of hydrogen-bond donors (Lipinski definition) is 0. The molecule has 0 bridgehead atoms. The molecule has 21 heavy (non-hydrogen) atoms. The monoisotopic (exact) mass is 295 g/mol. The summed E-state index contributed by atoms with van der Waals surface area (Å²) < 4.78 is 0. The van der Waals surface area contributed by atoms with Crippen molar-refractivity contribution in [2.24, 2.45) is 11.8 Å². The highest BCUT2D eigenvalue weighted by molar-refractivity contribution is 4.78. The molecule has 0 atom stereocenters. The zero-order valence-electron chi connectivity index (χ0n) is 14.7. The topological polar surface area (TPSA) is 9.72 Å². The van der Waals surface area contributed by atoms with Gasteiger partial charge in [0.05, 0.1) is 0 Å². The molecule has 3 heteroatoms. The Hall–Kier alpha value is -0.120. The number of hydrogen-bond acceptors (Lipinski definition) is 3. The number of nitrogens with zero attached hydrogens (tertiary/aromatic N) is 3. The molecule has 0 aromatic heterocycles. The van der Waals surface area contributed by atoms with Crippen molar-refractivity contribution >= 4 is 0 Å². The standard InChI is InChI=1S/C18H37N3/c1-4-19-12-14-21(15-13-19)16-18-7-10-20(11-8-18)9-5-6-17(2)3/h17-18H,4-16H2,1-3H3. The highest BCUT2D eigenvalue weighted by atomic mass is 15.3. The van der Waals surface area contributed by atoms with Gasteiger partial charge in [0.2, 0.25) is 0 Å². The Morgan fingerprint density at radius 1 is 0.857 bits per heavy atom. The molecular formula is C18H37N3. The van der Waals surface area contributed by atoms with Gasteiger partial charge in [-0.05, 0) is 63.7 Å². The van der Waals surface area contributed by atoms with E-state index in [-0.39, 0.29) is 0 Å². The van der Waals surface area contributed by atoms with E-state index in [0.717, 1.165) is 11.8 Å². The SMILES string of the molecule is CCN1CCN(CC2CCN(CCCC(C)C)CC2)CC1. The first-order valence-electron chi connectivity index (χ1n) is 9.34. The van der Waals surface area contributed by atoms with E-state index in [9.17, 15) is 0 Å². The van der Waals surface area contributed by atoms with Gasteiger partial charge in [-0.2, -0.15) is 0 Å². The summed E-state index contributed by atoms with van der Waals surface area (Å²) in [6, 6.07) is 0. The fourth-order valence-corrected chi connectivity index (χ4v) is 3.77. The Balaban J connectivity index is 1.57. The van der Waals surface area contributed by atoms with Gasteiger partial charge in [-0.3, -0.25) is 0 Å². The van der Waals surface area contributed by atoms with E-state index in [0.29, 0.717) is 0 Å². The third-order valence-electron chi connectivity index (χ3n) is 5.39. The lowest BCUT2D eigenvalue weighted by molar-refractivity contribution is 0.0969. The first-order chi connectivity index (χ1) is 10.2. The Labute approximate surface area is 132 Å². The van der Waals surface area contributed by atoms with Crippen molar-refractivity contribution in [3.8, 4) is 0 Å². The van der Waals surface area contributed by atoms with Crippen LogP contribution in [0.4, 0.5) is 0 Å². The molecule has 0 aliphatic carbocycles. The maximum atomic E-state index is 2.71. The van der Waals surface area contributed by atoms with Gasteiger partial charge in [-0.1, -0.05) is 20.8 Å². The van der Waals surface area contributed by atoms with Gasteiger partial charge in [-0.25, -0.2) is 0 Å². The van der Waals surface area contributed by atoms with E-state index in [4.69, 9.17) is 0 Å². The smallest absolute Gasteiger partial charge is 0.0110 e. The fourth-order valence-electron chi connectivity index (χ4n) is 3.77. The van der Waals surface area contributed by atoms with Crippen molar-refractivity contribution in [3.05, 3.63) is 0 Å². The molecule has 2 fully saturated rings. The van der Waals surface area contributed by atoms with Crippen molar-refractivity contribution in [1.82, 2.24) is 14.7 Å². The Bertz CT molecular complexity index is 264. The molecule has 2 heterocycles. The number of likely N-dealkylation sites (N-methyl/N-ethyl adjacent to an activating group) is 1. The van der Waals surface area contributed by atoms with Crippen molar-refractivity contribution in [2.75, 3.05) is 58.9 Å². The van der Waals surface area contributed by atoms with Gasteiger partial charge in [0.15, 0.2) is 0 Å². The minimum Gasteiger partial charge on any atom is -0.303 e. The molecule has 3 nitrogen and oxygen atoms in total. The van der Waals surface area contributed by atoms with Crippen molar-refractivity contribution in [2.45, 2.75) is 46.5 Å². The number of rotatable bonds is 7. The maximum Gasteiger partial charge on any atom is 0.0110 e. The van der Waals surface area contributed by atoms with E-state index in [1.54, 1.807) is 0 Å². The minimum absolute atomic E-state index is 0.865. The molecule has 0 spiro atoms. The van der Waals surface area contributed by atoms with Crippen LogP contribution >= 0.6 is 0 Å². The second kappa shape index (κ2) is 9.12. The molecule has 0 unspecified atom stereocenters. The van der Waals surface area contributed by atoms with Gasteiger partial charge in [0, 0.05) is 32.7 Å². The zero-order chi connectivity index (χ0) is 15.1. The second-order valence-electron chi connectivity index (χ2n) is 7.56. The van der Waals surface area contributed by atoms with Gasteiger partial charge in [0.1, 0.15) is 0 Å². The van der Waals surface area contributed by atoms with Crippen LogP contribution in [0.15, 0.2) is 0 Å². The second-order valence-corrected chi connectivity index (χ2v) is 7.56. The van der Waals surface area contributed by atoms with E-state index < -0.39 is 0 Å². The van der Waals surface area contributed by atoms with Crippen LogP contribution in [-0.4, -0.2) is 73.6 Å². The summed E-state index contributed by atoms with van der Waals surface area (Å²) in [5.41, 5.74) is 0. The van der Waals surface area contributed by atoms with Crippen LogP contribution in [-0.2, 0) is 0 Å². The zero-order valence-corrected chi connectivity index (χ0v) is 14.7. The minimum atomic E-state index is 0.865. The van der Waals surface area contributed by atoms with Crippen LogP contribution in [0, 0.1) is 11.8 Å². The van der Waals surface area contributed by atoms with Crippen molar-refractivity contribution < 1.29 is 0 Å². The van der Waals surface area contributed by atoms with E-state index >= 15 is 0 Å². The van der Waals surface area contributed by atoms with E-state index in [1.165, 1.54) is 84.6 Å². The summed E-state index contributed by atoms with van der Waals surface area (Å²) in [6.07, 6.45) is 5.63. The lowest BCUT2D eigenvalue weighted by Crippen LogP contribution is -2.48. The molecule has 124 valence electrons. The Kier molecular flexibility index (Phi) is 7.48. The van der Waals surface area contributed by atoms with Gasteiger partial charge in [0.25, 0.3) is 0 Å². The fraction of sp³-hybridized carbons (Fsp3) is 1.00. The highest BCUT2D eigenvalue weighted by Gasteiger charge is 2.23. The molecule has 2 rings (SSSR count). The largest absolute Gasteiger partial charge is 0.303 e. The van der Waals surface area contributed by atoms with Crippen molar-refractivity contribution in [3.63, 3.8) is 0 Å². The first kappa shape index (κ1) is 17.2. The van der Waals surface area contributed by atoms with Crippen LogP contribution in [0.1, 0.15) is 46.5 Å². The lowest BCUT2D eigenvalue weighted by atomic mass is 9.95. The summed E-state index contributed by atoms with van der Waals surface area (Å²) in [4.78, 5) is 7.99. The van der Waals surface area contributed by atoms with Gasteiger partial charge >= 0.3 is 0 Å². The van der Waals surface area contributed by atoms with Crippen LogP contribution in [0.25, 0.3) is 0 Å². The number of piperidine rings is 1. The molecule has 2 aliphatic heterocycles. The third kappa shape index (κ3) is 6.25. The first-order valence-corrected chi connectivity index (χ1v) is 9.34. The highest BCUT2D eigenvalue weighted by Crippen LogP contribution is 2.20. The average molecular weight is 296 g/mol. The van der Waals surface area contributed by atoms with E-state index in [2.05, 4.69) is 35.5 Å².